The number of benzene rings is 1. The van der Waals surface area contributed by atoms with Gasteiger partial charge in [-0.05, 0) is 23.8 Å². The van der Waals surface area contributed by atoms with Crippen LogP contribution in [-0.2, 0) is 19.1 Å². The van der Waals surface area contributed by atoms with Crippen LogP contribution < -0.4 is 4.74 Å². The molecule has 1 aromatic carbocycles. The van der Waals surface area contributed by atoms with E-state index in [1.807, 2.05) is 0 Å². The molecule has 0 N–H and O–H groups in total. The SMILES string of the molecule is C=CCOc1ccc(C=C2C(=O)OC(C)(C)OC2=O)cc1. The Kier molecular flexibility index (Phi) is 4.12. The van der Waals surface area contributed by atoms with Gasteiger partial charge in [-0.15, -0.1) is 0 Å². The average molecular weight is 288 g/mol. The maximum atomic E-state index is 11.8. The van der Waals surface area contributed by atoms with Crippen LogP contribution in [-0.4, -0.2) is 24.3 Å². The lowest BCUT2D eigenvalue weighted by atomic mass is 10.1. The Morgan fingerprint density at radius 3 is 2.24 bits per heavy atom. The highest BCUT2D eigenvalue weighted by atomic mass is 16.7. The number of hydrogen-bond acceptors (Lipinski definition) is 5. The first-order valence-corrected chi connectivity index (χ1v) is 6.43. The van der Waals surface area contributed by atoms with Crippen LogP contribution in [0.5, 0.6) is 5.75 Å². The summed E-state index contributed by atoms with van der Waals surface area (Å²) < 4.78 is 15.4. The van der Waals surface area contributed by atoms with Crippen molar-refractivity contribution in [3.63, 3.8) is 0 Å². The molecule has 110 valence electrons. The number of rotatable bonds is 4. The fourth-order valence-corrected chi connectivity index (χ4v) is 1.76. The summed E-state index contributed by atoms with van der Waals surface area (Å²) in [4.78, 5) is 23.6. The molecule has 5 nitrogen and oxygen atoms in total. The molecule has 1 aromatic rings. The molecular weight excluding hydrogens is 272 g/mol. The van der Waals surface area contributed by atoms with Gasteiger partial charge in [0.25, 0.3) is 5.79 Å². The molecule has 1 aliphatic heterocycles. The van der Waals surface area contributed by atoms with Crippen molar-refractivity contribution in [3.05, 3.63) is 48.1 Å². The lowest BCUT2D eigenvalue weighted by Crippen LogP contribution is -2.41. The van der Waals surface area contributed by atoms with Crippen LogP contribution >= 0.6 is 0 Å². The monoisotopic (exact) mass is 288 g/mol. The number of carbonyl (C=O) groups excluding carboxylic acids is 2. The highest BCUT2D eigenvalue weighted by Gasteiger charge is 2.38. The average Bonchev–Trinajstić information content (AvgIpc) is 2.41. The van der Waals surface area contributed by atoms with Crippen molar-refractivity contribution in [2.75, 3.05) is 6.61 Å². The maximum absolute atomic E-state index is 11.8. The summed E-state index contributed by atoms with van der Waals surface area (Å²) in [6.07, 6.45) is 3.07. The van der Waals surface area contributed by atoms with Crippen LogP contribution in [0, 0.1) is 0 Å². The van der Waals surface area contributed by atoms with E-state index in [4.69, 9.17) is 14.2 Å². The van der Waals surface area contributed by atoms with Crippen LogP contribution in [0.15, 0.2) is 42.5 Å². The van der Waals surface area contributed by atoms with E-state index in [1.165, 1.54) is 19.9 Å². The van der Waals surface area contributed by atoms with E-state index in [0.717, 1.165) is 0 Å². The molecule has 21 heavy (non-hydrogen) atoms. The minimum atomic E-state index is -1.23. The molecular formula is C16H16O5. The molecule has 0 spiro atoms. The molecule has 0 bridgehead atoms. The van der Waals surface area contributed by atoms with E-state index < -0.39 is 17.7 Å². The number of esters is 2. The normalized spacial score (nSPS) is 16.8. The van der Waals surface area contributed by atoms with Gasteiger partial charge in [-0.25, -0.2) is 9.59 Å². The maximum Gasteiger partial charge on any atom is 0.348 e. The van der Waals surface area contributed by atoms with Gasteiger partial charge in [-0.3, -0.25) is 0 Å². The molecule has 0 radical (unpaired) electrons. The quantitative estimate of drug-likeness (QED) is 0.368. The Labute approximate surface area is 122 Å². The second-order valence-corrected chi connectivity index (χ2v) is 4.91. The molecule has 1 saturated heterocycles. The third-order valence-electron chi connectivity index (χ3n) is 2.68. The Morgan fingerprint density at radius 2 is 1.71 bits per heavy atom. The van der Waals surface area contributed by atoms with Crippen molar-refractivity contribution in [1.29, 1.82) is 0 Å². The van der Waals surface area contributed by atoms with Crippen molar-refractivity contribution in [2.45, 2.75) is 19.6 Å². The number of ether oxygens (including phenoxy) is 3. The molecule has 1 aliphatic rings. The van der Waals surface area contributed by atoms with Crippen LogP contribution in [0.3, 0.4) is 0 Å². The minimum absolute atomic E-state index is 0.130. The molecule has 0 amide bonds. The second-order valence-electron chi connectivity index (χ2n) is 4.91. The van der Waals surface area contributed by atoms with Gasteiger partial charge in [0.1, 0.15) is 17.9 Å². The van der Waals surface area contributed by atoms with Crippen molar-refractivity contribution >= 4 is 18.0 Å². The van der Waals surface area contributed by atoms with Crippen LogP contribution in [0.2, 0.25) is 0 Å². The molecule has 5 heteroatoms. The fraction of sp³-hybridized carbons (Fsp3) is 0.250. The van der Waals surface area contributed by atoms with Gasteiger partial charge >= 0.3 is 11.9 Å². The predicted molar refractivity (Wildman–Crippen MR) is 76.4 cm³/mol. The van der Waals surface area contributed by atoms with Crippen molar-refractivity contribution in [3.8, 4) is 5.75 Å². The lowest BCUT2D eigenvalue weighted by Gasteiger charge is -2.29. The lowest BCUT2D eigenvalue weighted by molar-refractivity contribution is -0.222. The number of hydrogen-bond donors (Lipinski definition) is 0. The second kappa shape index (κ2) is 5.83. The first-order valence-electron chi connectivity index (χ1n) is 6.43. The van der Waals surface area contributed by atoms with Crippen LogP contribution in [0.1, 0.15) is 19.4 Å². The highest BCUT2D eigenvalue weighted by Crippen LogP contribution is 2.24. The Balaban J connectivity index is 2.17. The van der Waals surface area contributed by atoms with Crippen LogP contribution in [0.4, 0.5) is 0 Å². The first-order chi connectivity index (χ1) is 9.91. The van der Waals surface area contributed by atoms with Gasteiger partial charge in [0.2, 0.25) is 0 Å². The van der Waals surface area contributed by atoms with E-state index in [2.05, 4.69) is 6.58 Å². The topological polar surface area (TPSA) is 61.8 Å². The summed E-state index contributed by atoms with van der Waals surface area (Å²) in [6.45, 7) is 6.98. The Bertz CT molecular complexity index is 574. The number of cyclic esters (lactones) is 2. The van der Waals surface area contributed by atoms with E-state index in [-0.39, 0.29) is 5.57 Å². The third-order valence-corrected chi connectivity index (χ3v) is 2.68. The summed E-state index contributed by atoms with van der Waals surface area (Å²) in [5.41, 5.74) is 0.540. The van der Waals surface area contributed by atoms with E-state index in [9.17, 15) is 9.59 Å². The number of carbonyl (C=O) groups is 2. The van der Waals surface area contributed by atoms with Gasteiger partial charge in [0, 0.05) is 13.8 Å². The highest BCUT2D eigenvalue weighted by molar-refractivity contribution is 6.18. The zero-order valence-electron chi connectivity index (χ0n) is 11.9. The standard InChI is InChI=1S/C16H16O5/c1-4-9-19-12-7-5-11(6-8-12)10-13-14(17)20-16(2,3)21-15(13)18/h4-8,10H,1,9H2,2-3H3. The van der Waals surface area contributed by atoms with Crippen LogP contribution in [0.25, 0.3) is 6.08 Å². The summed E-state index contributed by atoms with van der Waals surface area (Å²) in [6, 6.07) is 6.93. The van der Waals surface area contributed by atoms with Gasteiger partial charge in [-0.1, -0.05) is 24.8 Å². The summed E-state index contributed by atoms with van der Waals surface area (Å²) in [7, 11) is 0. The first kappa shape index (κ1) is 14.8. The molecule has 0 aromatic heterocycles. The molecule has 2 rings (SSSR count). The fourth-order valence-electron chi connectivity index (χ4n) is 1.76. The molecule has 0 unspecified atom stereocenters. The van der Waals surface area contributed by atoms with Crippen molar-refractivity contribution < 1.29 is 23.8 Å². The predicted octanol–water partition coefficient (Wildman–Crippen LogP) is 2.47. The van der Waals surface area contributed by atoms with Gasteiger partial charge in [-0.2, -0.15) is 0 Å². The van der Waals surface area contributed by atoms with E-state index in [0.29, 0.717) is 17.9 Å². The molecule has 1 heterocycles. The Morgan fingerprint density at radius 1 is 1.14 bits per heavy atom. The third kappa shape index (κ3) is 3.72. The smallest absolute Gasteiger partial charge is 0.348 e. The molecule has 0 atom stereocenters. The van der Waals surface area contributed by atoms with E-state index >= 15 is 0 Å². The van der Waals surface area contributed by atoms with Crippen molar-refractivity contribution in [2.24, 2.45) is 0 Å². The van der Waals surface area contributed by atoms with Crippen molar-refractivity contribution in [1.82, 2.24) is 0 Å². The molecule has 1 fully saturated rings. The van der Waals surface area contributed by atoms with Gasteiger partial charge in [0.15, 0.2) is 0 Å². The summed E-state index contributed by atoms with van der Waals surface area (Å²) in [5, 5.41) is 0. The minimum Gasteiger partial charge on any atom is -0.490 e. The molecule has 0 saturated carbocycles. The zero-order chi connectivity index (χ0) is 15.5. The molecule has 0 aliphatic carbocycles. The summed E-state index contributed by atoms with van der Waals surface area (Å²) >= 11 is 0. The van der Waals surface area contributed by atoms with E-state index in [1.54, 1.807) is 30.3 Å². The zero-order valence-corrected chi connectivity index (χ0v) is 11.9. The Hall–Kier alpha value is -2.56. The summed E-state index contributed by atoms with van der Waals surface area (Å²) in [5.74, 6) is -1.94. The largest absolute Gasteiger partial charge is 0.490 e. The van der Waals surface area contributed by atoms with Gasteiger partial charge in [0.05, 0.1) is 0 Å². The van der Waals surface area contributed by atoms with Gasteiger partial charge < -0.3 is 14.2 Å².